The number of hydrogen-bond acceptors (Lipinski definition) is 3. The monoisotopic (exact) mass is 434 g/mol. The van der Waals surface area contributed by atoms with Crippen LogP contribution < -0.4 is 10.1 Å². The van der Waals surface area contributed by atoms with Crippen molar-refractivity contribution in [2.75, 3.05) is 13.2 Å². The van der Waals surface area contributed by atoms with E-state index < -0.39 is 6.04 Å². The van der Waals surface area contributed by atoms with Crippen LogP contribution in [-0.2, 0) is 16.1 Å². The second-order valence-corrected chi connectivity index (χ2v) is 7.58. The van der Waals surface area contributed by atoms with Crippen molar-refractivity contribution in [1.29, 1.82) is 0 Å². The molecule has 0 aliphatic carbocycles. The third-order valence-corrected chi connectivity index (χ3v) is 5.18. The number of carbonyl (C=O) groups is 2. The summed E-state index contributed by atoms with van der Waals surface area (Å²) in [6.07, 6.45) is 1.82. The van der Waals surface area contributed by atoms with E-state index in [0.717, 1.165) is 24.0 Å². The first-order valence-electron chi connectivity index (χ1n) is 10.0. The van der Waals surface area contributed by atoms with Crippen LogP contribution in [0.1, 0.15) is 37.8 Å². The summed E-state index contributed by atoms with van der Waals surface area (Å²) in [5.74, 6) is -0.415. The number of rotatable bonds is 10. The van der Waals surface area contributed by atoms with Gasteiger partial charge in [-0.25, -0.2) is 4.39 Å². The van der Waals surface area contributed by atoms with E-state index >= 15 is 0 Å². The highest BCUT2D eigenvalue weighted by atomic mass is 35.5. The van der Waals surface area contributed by atoms with E-state index in [1.165, 1.54) is 17.0 Å². The largest absolute Gasteiger partial charge is 0.484 e. The second-order valence-electron chi connectivity index (χ2n) is 7.17. The molecule has 1 N–H and O–H groups in total. The summed E-state index contributed by atoms with van der Waals surface area (Å²) >= 11 is 6.02. The van der Waals surface area contributed by atoms with Crippen LogP contribution in [0.15, 0.2) is 42.5 Å². The fourth-order valence-electron chi connectivity index (χ4n) is 2.84. The summed E-state index contributed by atoms with van der Waals surface area (Å²) in [5.41, 5.74) is 1.56. The molecule has 30 heavy (non-hydrogen) atoms. The standard InChI is InChI=1S/C23H28ClFN2O3/c1-4-5-12-26-23(29)17(3)27(14-18-6-8-19(25)9-7-18)22(28)15-30-20-10-11-21(24)16(2)13-20/h6-11,13,17H,4-5,12,14-15H2,1-3H3,(H,26,29)/t17-/m0/s1. The minimum Gasteiger partial charge on any atom is -0.484 e. The van der Waals surface area contributed by atoms with E-state index in [1.807, 2.05) is 13.8 Å². The van der Waals surface area contributed by atoms with Gasteiger partial charge in [0.15, 0.2) is 6.61 Å². The summed E-state index contributed by atoms with van der Waals surface area (Å²) in [7, 11) is 0. The van der Waals surface area contributed by atoms with Gasteiger partial charge in [-0.1, -0.05) is 37.1 Å². The van der Waals surface area contributed by atoms with E-state index in [0.29, 0.717) is 17.3 Å². The molecule has 1 atom stereocenters. The molecule has 7 heteroatoms. The molecule has 0 unspecified atom stereocenters. The maximum absolute atomic E-state index is 13.2. The normalized spacial score (nSPS) is 11.6. The van der Waals surface area contributed by atoms with Gasteiger partial charge in [-0.15, -0.1) is 0 Å². The zero-order valence-corrected chi connectivity index (χ0v) is 18.3. The van der Waals surface area contributed by atoms with Crippen molar-refractivity contribution in [2.24, 2.45) is 0 Å². The van der Waals surface area contributed by atoms with Crippen LogP contribution in [0.3, 0.4) is 0 Å². The average molecular weight is 435 g/mol. The minimum absolute atomic E-state index is 0.171. The Kier molecular flexibility index (Phi) is 9.12. The number of halogens is 2. The number of benzene rings is 2. The Balaban J connectivity index is 2.11. The van der Waals surface area contributed by atoms with Gasteiger partial charge in [0, 0.05) is 18.1 Å². The molecule has 2 aromatic rings. The molecule has 0 heterocycles. The molecule has 0 radical (unpaired) electrons. The van der Waals surface area contributed by atoms with Crippen LogP contribution in [0.2, 0.25) is 5.02 Å². The highest BCUT2D eigenvalue weighted by Crippen LogP contribution is 2.21. The molecule has 0 aliphatic rings. The van der Waals surface area contributed by atoms with E-state index in [-0.39, 0.29) is 30.8 Å². The van der Waals surface area contributed by atoms with Crippen molar-refractivity contribution in [3.63, 3.8) is 0 Å². The van der Waals surface area contributed by atoms with Crippen LogP contribution in [0.25, 0.3) is 0 Å². The third-order valence-electron chi connectivity index (χ3n) is 4.75. The Labute approximate surface area is 182 Å². The smallest absolute Gasteiger partial charge is 0.261 e. The summed E-state index contributed by atoms with van der Waals surface area (Å²) < 4.78 is 18.9. The lowest BCUT2D eigenvalue weighted by Crippen LogP contribution is -2.49. The first-order valence-corrected chi connectivity index (χ1v) is 10.4. The van der Waals surface area contributed by atoms with Gasteiger partial charge in [-0.3, -0.25) is 9.59 Å². The number of hydrogen-bond donors (Lipinski definition) is 1. The number of unbranched alkanes of at least 4 members (excludes halogenated alkanes) is 1. The summed E-state index contributed by atoms with van der Waals surface area (Å²) in [6.45, 7) is 6.06. The number of nitrogens with zero attached hydrogens (tertiary/aromatic N) is 1. The molecule has 0 saturated heterocycles. The fraction of sp³-hybridized carbons (Fsp3) is 0.391. The first kappa shape index (κ1) is 23.7. The molecule has 0 bridgehead atoms. The summed E-state index contributed by atoms with van der Waals surface area (Å²) in [5, 5.41) is 3.47. The lowest BCUT2D eigenvalue weighted by Gasteiger charge is -2.28. The highest BCUT2D eigenvalue weighted by Gasteiger charge is 2.26. The van der Waals surface area contributed by atoms with Crippen molar-refractivity contribution in [3.05, 3.63) is 64.4 Å². The van der Waals surface area contributed by atoms with Gasteiger partial charge < -0.3 is 15.0 Å². The van der Waals surface area contributed by atoms with E-state index in [4.69, 9.17) is 16.3 Å². The maximum atomic E-state index is 13.2. The van der Waals surface area contributed by atoms with Crippen LogP contribution >= 0.6 is 11.6 Å². The number of nitrogens with one attached hydrogen (secondary N) is 1. The van der Waals surface area contributed by atoms with Crippen molar-refractivity contribution in [1.82, 2.24) is 10.2 Å². The Bertz CT molecular complexity index is 858. The van der Waals surface area contributed by atoms with Gasteiger partial charge in [0.2, 0.25) is 5.91 Å². The lowest BCUT2D eigenvalue weighted by atomic mass is 10.1. The number of ether oxygens (including phenoxy) is 1. The molecular weight excluding hydrogens is 407 g/mol. The van der Waals surface area contributed by atoms with Crippen molar-refractivity contribution in [2.45, 2.75) is 46.2 Å². The predicted octanol–water partition coefficient (Wildman–Crippen LogP) is 4.50. The zero-order chi connectivity index (χ0) is 22.1. The molecule has 0 spiro atoms. The molecule has 2 aromatic carbocycles. The summed E-state index contributed by atoms with van der Waals surface area (Å²) in [4.78, 5) is 26.9. The average Bonchev–Trinajstić information content (AvgIpc) is 2.73. The van der Waals surface area contributed by atoms with Gasteiger partial charge in [-0.2, -0.15) is 0 Å². The van der Waals surface area contributed by atoms with Crippen LogP contribution in [-0.4, -0.2) is 35.9 Å². The molecule has 0 saturated carbocycles. The first-order chi connectivity index (χ1) is 14.3. The number of carbonyl (C=O) groups excluding carboxylic acids is 2. The Morgan fingerprint density at radius 2 is 1.90 bits per heavy atom. The van der Waals surface area contributed by atoms with Gasteiger partial charge in [0.25, 0.3) is 5.91 Å². The molecule has 162 valence electrons. The van der Waals surface area contributed by atoms with E-state index in [9.17, 15) is 14.0 Å². The van der Waals surface area contributed by atoms with Gasteiger partial charge in [0.05, 0.1) is 0 Å². The lowest BCUT2D eigenvalue weighted by molar-refractivity contribution is -0.142. The summed E-state index contributed by atoms with van der Waals surface area (Å²) in [6, 6.07) is 10.3. The molecule has 5 nitrogen and oxygen atoms in total. The maximum Gasteiger partial charge on any atom is 0.261 e. The van der Waals surface area contributed by atoms with Crippen LogP contribution in [0, 0.1) is 12.7 Å². The van der Waals surface area contributed by atoms with Crippen LogP contribution in [0.5, 0.6) is 5.75 Å². The second kappa shape index (κ2) is 11.6. The number of aryl methyl sites for hydroxylation is 1. The Hall–Kier alpha value is -2.60. The minimum atomic E-state index is -0.699. The van der Waals surface area contributed by atoms with Gasteiger partial charge in [-0.05, 0) is 61.7 Å². The van der Waals surface area contributed by atoms with Crippen LogP contribution in [0.4, 0.5) is 4.39 Å². The third kappa shape index (κ3) is 7.02. The molecule has 0 aromatic heterocycles. The quantitative estimate of drug-likeness (QED) is 0.560. The fourth-order valence-corrected chi connectivity index (χ4v) is 2.96. The van der Waals surface area contributed by atoms with Crippen molar-refractivity contribution in [3.8, 4) is 5.75 Å². The predicted molar refractivity (Wildman–Crippen MR) is 116 cm³/mol. The molecule has 2 rings (SSSR count). The SMILES string of the molecule is CCCCNC(=O)[C@H](C)N(Cc1ccc(F)cc1)C(=O)COc1ccc(Cl)c(C)c1. The molecular formula is C23H28ClFN2O3. The topological polar surface area (TPSA) is 58.6 Å². The van der Waals surface area contributed by atoms with E-state index in [2.05, 4.69) is 5.32 Å². The van der Waals surface area contributed by atoms with E-state index in [1.54, 1.807) is 37.3 Å². The zero-order valence-electron chi connectivity index (χ0n) is 17.6. The number of amides is 2. The van der Waals surface area contributed by atoms with Crippen molar-refractivity contribution >= 4 is 23.4 Å². The highest BCUT2D eigenvalue weighted by molar-refractivity contribution is 6.31. The van der Waals surface area contributed by atoms with Gasteiger partial charge in [0.1, 0.15) is 17.6 Å². The molecule has 2 amide bonds. The Morgan fingerprint density at radius 3 is 2.53 bits per heavy atom. The molecule has 0 aliphatic heterocycles. The Morgan fingerprint density at radius 1 is 1.20 bits per heavy atom. The molecule has 0 fully saturated rings. The van der Waals surface area contributed by atoms with Gasteiger partial charge >= 0.3 is 0 Å². The van der Waals surface area contributed by atoms with Crippen molar-refractivity contribution < 1.29 is 18.7 Å².